The number of carbonyl (C=O) groups is 1. The Hall–Kier alpha value is -1.20. The number of thiophene rings is 1. The average molecular weight is 320 g/mol. The molecule has 3 nitrogen and oxygen atoms in total. The van der Waals surface area contributed by atoms with Crippen molar-refractivity contribution in [1.82, 2.24) is 9.88 Å². The molecule has 0 radical (unpaired) electrons. The monoisotopic (exact) mass is 320 g/mol. The smallest absolute Gasteiger partial charge is 0.228 e. The van der Waals surface area contributed by atoms with Gasteiger partial charge in [-0.25, -0.2) is 4.98 Å². The summed E-state index contributed by atoms with van der Waals surface area (Å²) in [5.41, 5.74) is 0.899. The summed E-state index contributed by atoms with van der Waals surface area (Å²) in [6, 6.07) is 4.54. The fraction of sp³-hybridized carbons (Fsp3) is 0.500. The van der Waals surface area contributed by atoms with Crippen LogP contribution in [-0.2, 0) is 11.2 Å². The summed E-state index contributed by atoms with van der Waals surface area (Å²) in [6.07, 6.45) is 6.55. The van der Waals surface area contributed by atoms with Gasteiger partial charge in [-0.3, -0.25) is 4.79 Å². The summed E-state index contributed by atoms with van der Waals surface area (Å²) in [4.78, 5) is 20.1. The molecule has 1 amide bonds. The molecule has 2 aromatic heterocycles. The third-order valence-corrected chi connectivity index (χ3v) is 6.06. The first-order valence-corrected chi connectivity index (χ1v) is 9.24. The number of amides is 1. The highest BCUT2D eigenvalue weighted by molar-refractivity contribution is 7.20. The van der Waals surface area contributed by atoms with Crippen LogP contribution >= 0.6 is 22.7 Å². The molecule has 0 atom stereocenters. The summed E-state index contributed by atoms with van der Waals surface area (Å²) in [5, 5.41) is 5.09. The molecule has 0 N–H and O–H groups in total. The Kier molecular flexibility index (Phi) is 4.70. The van der Waals surface area contributed by atoms with Crippen LogP contribution in [0.4, 0.5) is 0 Å². The third kappa shape index (κ3) is 3.52. The highest BCUT2D eigenvalue weighted by Gasteiger charge is 2.22. The summed E-state index contributed by atoms with van der Waals surface area (Å²) < 4.78 is 0. The van der Waals surface area contributed by atoms with Crippen LogP contribution in [0.3, 0.4) is 0 Å². The van der Waals surface area contributed by atoms with Gasteiger partial charge in [-0.2, -0.15) is 0 Å². The van der Waals surface area contributed by atoms with Gasteiger partial charge in [-0.1, -0.05) is 25.3 Å². The van der Waals surface area contributed by atoms with Crippen molar-refractivity contribution in [3.8, 4) is 9.88 Å². The number of likely N-dealkylation sites (N-methyl/N-ethyl adjacent to an activating group) is 1. The van der Waals surface area contributed by atoms with Crippen LogP contribution in [0.25, 0.3) is 9.88 Å². The van der Waals surface area contributed by atoms with Crippen LogP contribution in [0.1, 0.15) is 37.8 Å². The standard InChI is InChI=1S/C16H20N2OS2/c1-18(13-6-3-2-4-7-13)15(19)10-12-11-21-16(17-12)14-8-5-9-20-14/h5,8-9,11,13H,2-4,6-7,10H2,1H3. The Morgan fingerprint density at radius 2 is 2.14 bits per heavy atom. The molecule has 3 rings (SSSR count). The lowest BCUT2D eigenvalue weighted by Crippen LogP contribution is -2.39. The molecule has 0 bridgehead atoms. The molecule has 1 aliphatic carbocycles. The minimum absolute atomic E-state index is 0.199. The van der Waals surface area contributed by atoms with Gasteiger partial charge in [0.2, 0.25) is 5.91 Å². The normalized spacial score (nSPS) is 16.0. The van der Waals surface area contributed by atoms with Crippen molar-refractivity contribution in [2.75, 3.05) is 7.05 Å². The van der Waals surface area contributed by atoms with Gasteiger partial charge in [0.25, 0.3) is 0 Å². The summed E-state index contributed by atoms with van der Waals surface area (Å²) in [7, 11) is 1.95. The number of nitrogens with zero attached hydrogens (tertiary/aromatic N) is 2. The van der Waals surface area contributed by atoms with Crippen LogP contribution in [0, 0.1) is 0 Å². The molecule has 21 heavy (non-hydrogen) atoms. The largest absolute Gasteiger partial charge is 0.342 e. The Bertz CT molecular complexity index is 585. The zero-order valence-electron chi connectivity index (χ0n) is 12.2. The van der Waals surface area contributed by atoms with Crippen molar-refractivity contribution in [3.63, 3.8) is 0 Å². The zero-order chi connectivity index (χ0) is 14.7. The van der Waals surface area contributed by atoms with Crippen molar-refractivity contribution < 1.29 is 4.79 Å². The lowest BCUT2D eigenvalue weighted by molar-refractivity contribution is -0.131. The van der Waals surface area contributed by atoms with E-state index in [4.69, 9.17) is 0 Å². The number of thiazole rings is 1. The molecule has 0 saturated heterocycles. The van der Waals surface area contributed by atoms with E-state index in [1.807, 2.05) is 23.4 Å². The molecule has 1 saturated carbocycles. The molecular formula is C16H20N2OS2. The van der Waals surface area contributed by atoms with E-state index in [1.54, 1.807) is 22.7 Å². The highest BCUT2D eigenvalue weighted by atomic mass is 32.1. The number of carbonyl (C=O) groups excluding carboxylic acids is 1. The predicted molar refractivity (Wildman–Crippen MR) is 88.8 cm³/mol. The lowest BCUT2D eigenvalue weighted by Gasteiger charge is -2.31. The Labute approximate surface area is 133 Å². The zero-order valence-corrected chi connectivity index (χ0v) is 13.9. The molecule has 0 unspecified atom stereocenters. The number of rotatable bonds is 4. The maximum atomic E-state index is 12.4. The Morgan fingerprint density at radius 3 is 2.86 bits per heavy atom. The molecule has 2 aromatic rings. The van der Waals surface area contributed by atoms with E-state index >= 15 is 0 Å². The lowest BCUT2D eigenvalue weighted by atomic mass is 9.94. The molecule has 112 valence electrons. The fourth-order valence-corrected chi connectivity index (χ4v) is 4.49. The summed E-state index contributed by atoms with van der Waals surface area (Å²) >= 11 is 3.31. The van der Waals surface area contributed by atoms with Gasteiger partial charge in [0.15, 0.2) is 0 Å². The van der Waals surface area contributed by atoms with E-state index in [-0.39, 0.29) is 5.91 Å². The molecule has 0 spiro atoms. The topological polar surface area (TPSA) is 33.2 Å². The maximum Gasteiger partial charge on any atom is 0.228 e. The second-order valence-electron chi connectivity index (χ2n) is 5.59. The highest BCUT2D eigenvalue weighted by Crippen LogP contribution is 2.28. The summed E-state index contributed by atoms with van der Waals surface area (Å²) in [6.45, 7) is 0. The molecule has 0 aliphatic heterocycles. The van der Waals surface area contributed by atoms with Crippen molar-refractivity contribution in [2.45, 2.75) is 44.6 Å². The van der Waals surface area contributed by atoms with Crippen LogP contribution in [0.2, 0.25) is 0 Å². The molecule has 5 heteroatoms. The maximum absolute atomic E-state index is 12.4. The third-order valence-electron chi connectivity index (χ3n) is 4.13. The first-order valence-electron chi connectivity index (χ1n) is 7.48. The van der Waals surface area contributed by atoms with Crippen LogP contribution in [0.15, 0.2) is 22.9 Å². The fourth-order valence-electron chi connectivity index (χ4n) is 2.85. The molecule has 2 heterocycles. The van der Waals surface area contributed by atoms with E-state index in [0.717, 1.165) is 23.5 Å². The van der Waals surface area contributed by atoms with Gasteiger partial charge in [0, 0.05) is 18.5 Å². The number of aromatic nitrogens is 1. The van der Waals surface area contributed by atoms with E-state index in [2.05, 4.69) is 16.4 Å². The minimum atomic E-state index is 0.199. The quantitative estimate of drug-likeness (QED) is 0.845. The van der Waals surface area contributed by atoms with Gasteiger partial charge in [0.1, 0.15) is 5.01 Å². The van der Waals surface area contributed by atoms with E-state index in [0.29, 0.717) is 12.5 Å². The van der Waals surface area contributed by atoms with Crippen molar-refractivity contribution in [1.29, 1.82) is 0 Å². The van der Waals surface area contributed by atoms with Gasteiger partial charge in [0.05, 0.1) is 17.0 Å². The second kappa shape index (κ2) is 6.71. The van der Waals surface area contributed by atoms with E-state index in [9.17, 15) is 4.79 Å². The SMILES string of the molecule is CN(C(=O)Cc1csc(-c2cccs2)n1)C1CCCCC1. The van der Waals surface area contributed by atoms with Gasteiger partial charge < -0.3 is 4.90 Å². The number of hydrogen-bond donors (Lipinski definition) is 0. The van der Waals surface area contributed by atoms with Gasteiger partial charge in [-0.05, 0) is 24.3 Å². The predicted octanol–water partition coefficient (Wildman–Crippen LogP) is 4.21. The first kappa shape index (κ1) is 14.7. The second-order valence-corrected chi connectivity index (χ2v) is 7.40. The average Bonchev–Trinajstić information content (AvgIpc) is 3.18. The number of hydrogen-bond acceptors (Lipinski definition) is 4. The van der Waals surface area contributed by atoms with Crippen LogP contribution < -0.4 is 0 Å². The van der Waals surface area contributed by atoms with Crippen molar-refractivity contribution in [2.24, 2.45) is 0 Å². The first-order chi connectivity index (χ1) is 10.2. The summed E-state index contributed by atoms with van der Waals surface area (Å²) in [5.74, 6) is 0.199. The van der Waals surface area contributed by atoms with E-state index in [1.165, 1.54) is 24.1 Å². The Morgan fingerprint density at radius 1 is 1.33 bits per heavy atom. The van der Waals surface area contributed by atoms with Crippen LogP contribution in [0.5, 0.6) is 0 Å². The Balaban J connectivity index is 1.62. The molecular weight excluding hydrogens is 300 g/mol. The van der Waals surface area contributed by atoms with Crippen molar-refractivity contribution >= 4 is 28.6 Å². The molecule has 0 aromatic carbocycles. The van der Waals surface area contributed by atoms with Crippen LogP contribution in [-0.4, -0.2) is 28.9 Å². The molecule has 1 fully saturated rings. The van der Waals surface area contributed by atoms with Gasteiger partial charge >= 0.3 is 0 Å². The van der Waals surface area contributed by atoms with E-state index < -0.39 is 0 Å². The molecule has 1 aliphatic rings. The minimum Gasteiger partial charge on any atom is -0.342 e. The van der Waals surface area contributed by atoms with Gasteiger partial charge in [-0.15, -0.1) is 22.7 Å². The van der Waals surface area contributed by atoms with Crippen molar-refractivity contribution in [3.05, 3.63) is 28.6 Å².